The van der Waals surface area contributed by atoms with E-state index in [1.165, 1.54) is 18.5 Å². The van der Waals surface area contributed by atoms with Gasteiger partial charge in [-0.2, -0.15) is 0 Å². The van der Waals surface area contributed by atoms with Gasteiger partial charge in [0.1, 0.15) is 0 Å². The maximum atomic E-state index is 2.38. The quantitative estimate of drug-likeness (QED) is 0.637. The van der Waals surface area contributed by atoms with Gasteiger partial charge in [0.05, 0.1) is 0 Å². The lowest BCUT2D eigenvalue weighted by Crippen LogP contribution is -2.37. The van der Waals surface area contributed by atoms with E-state index in [9.17, 15) is 0 Å². The number of rotatable bonds is 1. The predicted molar refractivity (Wildman–Crippen MR) is 57.8 cm³/mol. The molecule has 0 amide bonds. The van der Waals surface area contributed by atoms with Gasteiger partial charge in [0.15, 0.2) is 0 Å². The molecule has 0 aliphatic carbocycles. The monoisotopic (exact) mass is 177 g/mol. The first-order chi connectivity index (χ1) is 6.38. The first kappa shape index (κ1) is 10.3. The highest BCUT2D eigenvalue weighted by molar-refractivity contribution is 5.20. The molecular formula is C12H19N. The van der Waals surface area contributed by atoms with E-state index in [-0.39, 0.29) is 0 Å². The molecule has 2 rings (SSSR count). The topological polar surface area (TPSA) is 3.24 Å². The van der Waals surface area contributed by atoms with Crippen molar-refractivity contribution in [3.63, 3.8) is 0 Å². The Morgan fingerprint density at radius 1 is 1.15 bits per heavy atom. The van der Waals surface area contributed by atoms with Crippen molar-refractivity contribution < 1.29 is 0 Å². The van der Waals surface area contributed by atoms with E-state index in [2.05, 4.69) is 42.3 Å². The average molecular weight is 177 g/mol. The molecule has 0 N–H and O–H groups in total. The van der Waals surface area contributed by atoms with Gasteiger partial charge in [0.25, 0.3) is 0 Å². The number of hydrogen-bond acceptors (Lipinski definition) is 1. The van der Waals surface area contributed by atoms with Crippen LogP contribution in [0.2, 0.25) is 0 Å². The van der Waals surface area contributed by atoms with Gasteiger partial charge in [-0.05, 0) is 19.0 Å². The molecule has 13 heavy (non-hydrogen) atoms. The summed E-state index contributed by atoms with van der Waals surface area (Å²) in [5, 5.41) is 0. The van der Waals surface area contributed by atoms with Crippen molar-refractivity contribution in [3.05, 3.63) is 35.9 Å². The zero-order chi connectivity index (χ0) is 9.68. The second-order valence-corrected chi connectivity index (χ2v) is 3.20. The summed E-state index contributed by atoms with van der Waals surface area (Å²) in [6, 6.07) is 11.4. The van der Waals surface area contributed by atoms with Gasteiger partial charge in [-0.1, -0.05) is 44.2 Å². The second-order valence-electron chi connectivity index (χ2n) is 3.20. The summed E-state index contributed by atoms with van der Waals surface area (Å²) in [6.45, 7) is 5.25. The highest BCUT2D eigenvalue weighted by Crippen LogP contribution is 2.30. The lowest BCUT2D eigenvalue weighted by molar-refractivity contribution is 0.128. The van der Waals surface area contributed by atoms with E-state index < -0.39 is 0 Å². The fourth-order valence-electron chi connectivity index (χ4n) is 1.61. The van der Waals surface area contributed by atoms with Crippen LogP contribution in [0.15, 0.2) is 30.3 Å². The van der Waals surface area contributed by atoms with E-state index in [1.54, 1.807) is 0 Å². The minimum Gasteiger partial charge on any atom is -0.299 e. The van der Waals surface area contributed by atoms with Crippen molar-refractivity contribution in [1.82, 2.24) is 4.90 Å². The molecule has 0 saturated carbocycles. The van der Waals surface area contributed by atoms with Crippen LogP contribution in [0, 0.1) is 0 Å². The molecule has 1 aliphatic heterocycles. The Kier molecular flexibility index (Phi) is 3.97. The largest absolute Gasteiger partial charge is 0.299 e. The van der Waals surface area contributed by atoms with Gasteiger partial charge in [-0.3, -0.25) is 4.90 Å². The first-order valence-corrected chi connectivity index (χ1v) is 5.13. The molecule has 1 aromatic carbocycles. The Hall–Kier alpha value is -0.820. The zero-order valence-electron chi connectivity index (χ0n) is 8.83. The summed E-state index contributed by atoms with van der Waals surface area (Å²) in [6.07, 6.45) is 1.32. The molecular weight excluding hydrogens is 158 g/mol. The smallest absolute Gasteiger partial charge is 0.0357 e. The number of likely N-dealkylation sites (tertiary alicyclic amines) is 1. The van der Waals surface area contributed by atoms with Gasteiger partial charge in [-0.15, -0.1) is 0 Å². The summed E-state index contributed by atoms with van der Waals surface area (Å²) >= 11 is 0. The number of nitrogens with zero attached hydrogens (tertiary/aromatic N) is 1. The van der Waals surface area contributed by atoms with Crippen LogP contribution in [0.4, 0.5) is 0 Å². The molecule has 1 unspecified atom stereocenters. The predicted octanol–water partition coefficient (Wildman–Crippen LogP) is 3.09. The lowest BCUT2D eigenvalue weighted by atomic mass is 9.96. The van der Waals surface area contributed by atoms with Crippen LogP contribution in [0.5, 0.6) is 0 Å². The van der Waals surface area contributed by atoms with Gasteiger partial charge in [0.2, 0.25) is 0 Å². The average Bonchev–Trinajstić information content (AvgIpc) is 2.20. The van der Waals surface area contributed by atoms with Crippen LogP contribution in [0.3, 0.4) is 0 Å². The second kappa shape index (κ2) is 5.03. The van der Waals surface area contributed by atoms with Crippen LogP contribution < -0.4 is 0 Å². The Morgan fingerprint density at radius 3 is 2.15 bits per heavy atom. The maximum absolute atomic E-state index is 2.38. The Bertz CT molecular complexity index is 230. The molecule has 0 bridgehead atoms. The molecule has 1 aliphatic rings. The van der Waals surface area contributed by atoms with Crippen LogP contribution >= 0.6 is 0 Å². The zero-order valence-corrected chi connectivity index (χ0v) is 8.83. The Labute approximate surface area is 81.4 Å². The van der Waals surface area contributed by atoms with Crippen molar-refractivity contribution in [2.75, 3.05) is 13.6 Å². The van der Waals surface area contributed by atoms with Crippen molar-refractivity contribution in [3.8, 4) is 0 Å². The van der Waals surface area contributed by atoms with E-state index >= 15 is 0 Å². The van der Waals surface area contributed by atoms with Crippen molar-refractivity contribution >= 4 is 0 Å². The van der Waals surface area contributed by atoms with Crippen LogP contribution in [-0.2, 0) is 0 Å². The Morgan fingerprint density at radius 2 is 1.77 bits per heavy atom. The van der Waals surface area contributed by atoms with Gasteiger partial charge in [0, 0.05) is 12.6 Å². The SMILES string of the molecule is CC.CN1CCC1c1ccccc1. The van der Waals surface area contributed by atoms with Crippen LogP contribution in [0.1, 0.15) is 31.9 Å². The van der Waals surface area contributed by atoms with Crippen molar-refractivity contribution in [1.29, 1.82) is 0 Å². The third-order valence-corrected chi connectivity index (χ3v) is 2.47. The third kappa shape index (κ3) is 2.31. The highest BCUT2D eigenvalue weighted by atomic mass is 15.2. The van der Waals surface area contributed by atoms with Gasteiger partial charge < -0.3 is 0 Å². The highest BCUT2D eigenvalue weighted by Gasteiger charge is 2.24. The lowest BCUT2D eigenvalue weighted by Gasteiger charge is -2.38. The first-order valence-electron chi connectivity index (χ1n) is 5.13. The minimum atomic E-state index is 0.691. The van der Waals surface area contributed by atoms with Crippen LogP contribution in [0.25, 0.3) is 0 Å². The van der Waals surface area contributed by atoms with Gasteiger partial charge in [-0.25, -0.2) is 0 Å². The van der Waals surface area contributed by atoms with E-state index in [1.807, 2.05) is 13.8 Å². The molecule has 1 heterocycles. The molecule has 1 atom stereocenters. The number of benzene rings is 1. The molecule has 1 fully saturated rings. The van der Waals surface area contributed by atoms with Crippen LogP contribution in [-0.4, -0.2) is 18.5 Å². The molecule has 1 heteroatoms. The summed E-state index contributed by atoms with van der Waals surface area (Å²) < 4.78 is 0. The summed E-state index contributed by atoms with van der Waals surface area (Å²) in [5.74, 6) is 0. The van der Waals surface area contributed by atoms with E-state index in [0.29, 0.717) is 6.04 Å². The molecule has 72 valence electrons. The molecule has 1 nitrogen and oxygen atoms in total. The summed E-state index contributed by atoms with van der Waals surface area (Å²) in [4.78, 5) is 2.38. The summed E-state index contributed by atoms with van der Waals surface area (Å²) in [7, 11) is 2.18. The minimum absolute atomic E-state index is 0.691. The fraction of sp³-hybridized carbons (Fsp3) is 0.500. The third-order valence-electron chi connectivity index (χ3n) is 2.47. The van der Waals surface area contributed by atoms with Gasteiger partial charge >= 0.3 is 0 Å². The fourth-order valence-corrected chi connectivity index (χ4v) is 1.61. The Balaban J connectivity index is 0.000000396. The molecule has 0 spiro atoms. The molecule has 1 saturated heterocycles. The summed E-state index contributed by atoms with van der Waals surface area (Å²) in [5.41, 5.74) is 1.46. The number of hydrogen-bond donors (Lipinski definition) is 0. The molecule has 0 radical (unpaired) electrons. The van der Waals surface area contributed by atoms with E-state index in [4.69, 9.17) is 0 Å². The maximum Gasteiger partial charge on any atom is 0.0357 e. The molecule has 0 aromatic heterocycles. The molecule has 1 aromatic rings. The van der Waals surface area contributed by atoms with E-state index in [0.717, 1.165) is 0 Å². The normalized spacial score (nSPS) is 21.3. The standard InChI is InChI=1S/C10H13N.C2H6/c1-11-8-7-10(11)9-5-3-2-4-6-9;1-2/h2-6,10H,7-8H2,1H3;1-2H3. The van der Waals surface area contributed by atoms with Crippen molar-refractivity contribution in [2.24, 2.45) is 0 Å². The van der Waals surface area contributed by atoms with Crippen molar-refractivity contribution in [2.45, 2.75) is 26.3 Å².